The maximum absolute atomic E-state index is 12.7. The van der Waals surface area contributed by atoms with Gasteiger partial charge in [0.05, 0.1) is 17.2 Å². The Hall–Kier alpha value is -1.60. The number of aryl methyl sites for hydroxylation is 2. The summed E-state index contributed by atoms with van der Waals surface area (Å²) in [7, 11) is 0. The third-order valence-electron chi connectivity index (χ3n) is 3.25. The van der Waals surface area contributed by atoms with Crippen molar-refractivity contribution < 1.29 is 9.53 Å². The lowest BCUT2D eigenvalue weighted by Crippen LogP contribution is -2.23. The highest BCUT2D eigenvalue weighted by atomic mass is 32.2. The summed E-state index contributed by atoms with van der Waals surface area (Å²) in [5, 5.41) is 1.17. The Morgan fingerprint density at radius 2 is 2.17 bits per heavy atom. The number of carbonyl (C=O) groups excluding carboxylic acids is 1. The summed E-state index contributed by atoms with van der Waals surface area (Å²) in [4.78, 5) is 30.8. The highest BCUT2D eigenvalue weighted by Gasteiger charge is 2.17. The summed E-state index contributed by atoms with van der Waals surface area (Å²) in [6.07, 6.45) is 1.50. The molecule has 0 aliphatic carbocycles. The molecule has 2 heterocycles. The lowest BCUT2D eigenvalue weighted by Gasteiger charge is -2.11. The molecule has 23 heavy (non-hydrogen) atoms. The molecular formula is C16H20N2O3S2. The zero-order valence-electron chi connectivity index (χ0n) is 13.7. The minimum atomic E-state index is -0.317. The molecule has 0 radical (unpaired) electrons. The van der Waals surface area contributed by atoms with Crippen LogP contribution in [0.5, 0.6) is 0 Å². The van der Waals surface area contributed by atoms with Crippen LogP contribution in [-0.2, 0) is 16.1 Å². The van der Waals surface area contributed by atoms with E-state index in [1.165, 1.54) is 23.1 Å². The molecule has 0 saturated heterocycles. The number of rotatable bonds is 6. The highest BCUT2D eigenvalue weighted by Crippen LogP contribution is 2.28. The summed E-state index contributed by atoms with van der Waals surface area (Å²) in [5.74, 6) is -0.195. The molecule has 0 amide bonds. The van der Waals surface area contributed by atoms with E-state index in [9.17, 15) is 9.59 Å². The van der Waals surface area contributed by atoms with Crippen molar-refractivity contribution in [3.8, 4) is 0 Å². The van der Waals surface area contributed by atoms with Crippen LogP contribution in [0.15, 0.2) is 22.6 Å². The van der Waals surface area contributed by atoms with Crippen molar-refractivity contribution in [1.82, 2.24) is 9.55 Å². The summed E-state index contributed by atoms with van der Waals surface area (Å²) in [6, 6.07) is 0. The lowest BCUT2D eigenvalue weighted by atomic mass is 10.2. The molecule has 2 rings (SSSR count). The topological polar surface area (TPSA) is 61.2 Å². The van der Waals surface area contributed by atoms with E-state index in [4.69, 9.17) is 4.74 Å². The summed E-state index contributed by atoms with van der Waals surface area (Å²) in [5.41, 5.74) is 0.882. The van der Waals surface area contributed by atoms with Crippen LogP contribution in [0.1, 0.15) is 24.3 Å². The number of esters is 1. The smallest absolute Gasteiger partial charge is 0.316 e. The molecule has 0 aromatic carbocycles. The molecule has 0 saturated carbocycles. The second-order valence-electron chi connectivity index (χ2n) is 5.39. The predicted octanol–water partition coefficient (Wildman–Crippen LogP) is 3.30. The van der Waals surface area contributed by atoms with Gasteiger partial charge in [0.25, 0.3) is 5.56 Å². The molecule has 7 heteroatoms. The van der Waals surface area contributed by atoms with E-state index in [1.807, 2.05) is 13.8 Å². The first-order valence-corrected chi connectivity index (χ1v) is 9.09. The van der Waals surface area contributed by atoms with Crippen molar-refractivity contribution in [2.24, 2.45) is 0 Å². The van der Waals surface area contributed by atoms with Crippen molar-refractivity contribution in [2.45, 2.75) is 45.5 Å². The number of nitrogens with zero attached hydrogens (tertiary/aromatic N) is 2. The second kappa shape index (κ2) is 7.31. The van der Waals surface area contributed by atoms with E-state index in [2.05, 4.69) is 11.6 Å². The van der Waals surface area contributed by atoms with Crippen molar-refractivity contribution >= 4 is 39.3 Å². The zero-order valence-corrected chi connectivity index (χ0v) is 15.3. The number of carbonyl (C=O) groups is 1. The molecule has 5 nitrogen and oxygen atoms in total. The fraction of sp³-hybridized carbons (Fsp3) is 0.438. The van der Waals surface area contributed by atoms with Crippen molar-refractivity contribution in [1.29, 1.82) is 0 Å². The third-order valence-corrected chi connectivity index (χ3v) is 5.30. The van der Waals surface area contributed by atoms with Crippen LogP contribution in [0.25, 0.3) is 10.2 Å². The second-order valence-corrected chi connectivity index (χ2v) is 7.54. The van der Waals surface area contributed by atoms with Crippen molar-refractivity contribution in [3.63, 3.8) is 0 Å². The molecule has 0 bridgehead atoms. The number of thioether (sulfide) groups is 1. The standard InChI is InChI=1S/C16H20N2O3S2/c1-6-7-18-15(20)13-10(4)11(5)23-14(13)17-16(18)22-8-12(19)21-9(2)3/h6,9H,1,7-8H2,2-5H3. The van der Waals surface area contributed by atoms with Crippen LogP contribution in [-0.4, -0.2) is 27.4 Å². The molecule has 2 aromatic rings. The van der Waals surface area contributed by atoms with Crippen molar-refractivity contribution in [2.75, 3.05) is 5.75 Å². The molecule has 0 aliphatic rings. The highest BCUT2D eigenvalue weighted by molar-refractivity contribution is 7.99. The quantitative estimate of drug-likeness (QED) is 0.345. The SMILES string of the molecule is C=CCn1c(SCC(=O)OC(C)C)nc2sc(C)c(C)c2c1=O. The number of fused-ring (bicyclic) bond motifs is 1. The Labute approximate surface area is 143 Å². The van der Waals surface area contributed by atoms with E-state index in [0.717, 1.165) is 10.4 Å². The molecule has 0 spiro atoms. The van der Waals surface area contributed by atoms with Crippen LogP contribution in [0.3, 0.4) is 0 Å². The Kier molecular flexibility index (Phi) is 5.64. The largest absolute Gasteiger partial charge is 0.462 e. The van der Waals surface area contributed by atoms with Gasteiger partial charge in [-0.1, -0.05) is 17.8 Å². The minimum absolute atomic E-state index is 0.0866. The molecule has 0 unspecified atom stereocenters. The Bertz CT molecular complexity index is 806. The Balaban J connectivity index is 2.42. The first-order valence-electron chi connectivity index (χ1n) is 7.28. The van der Waals surface area contributed by atoms with Gasteiger partial charge in [-0.25, -0.2) is 4.98 Å². The maximum Gasteiger partial charge on any atom is 0.316 e. The van der Waals surface area contributed by atoms with Gasteiger partial charge >= 0.3 is 5.97 Å². The van der Waals surface area contributed by atoms with Gasteiger partial charge < -0.3 is 4.74 Å². The van der Waals surface area contributed by atoms with Gasteiger partial charge in [-0.05, 0) is 33.3 Å². The van der Waals surface area contributed by atoms with Crippen LogP contribution < -0.4 is 5.56 Å². The third kappa shape index (κ3) is 3.84. The molecule has 0 N–H and O–H groups in total. The van der Waals surface area contributed by atoms with E-state index < -0.39 is 0 Å². The summed E-state index contributed by atoms with van der Waals surface area (Å²) >= 11 is 2.72. The Morgan fingerprint density at radius 3 is 2.78 bits per heavy atom. The van der Waals surface area contributed by atoms with Gasteiger partial charge in [0.2, 0.25) is 0 Å². The number of ether oxygens (including phenoxy) is 1. The average Bonchev–Trinajstić information content (AvgIpc) is 2.74. The molecule has 2 aromatic heterocycles. The maximum atomic E-state index is 12.7. The van der Waals surface area contributed by atoms with Gasteiger partial charge in [0, 0.05) is 11.4 Å². The average molecular weight is 352 g/mol. The van der Waals surface area contributed by atoms with E-state index in [-0.39, 0.29) is 23.4 Å². The van der Waals surface area contributed by atoms with Gasteiger partial charge in [0.15, 0.2) is 5.16 Å². The first kappa shape index (κ1) is 17.7. The molecule has 124 valence electrons. The lowest BCUT2D eigenvalue weighted by molar-refractivity contribution is -0.144. The van der Waals surface area contributed by atoms with Gasteiger partial charge in [-0.15, -0.1) is 17.9 Å². The minimum Gasteiger partial charge on any atom is -0.462 e. The Morgan fingerprint density at radius 1 is 1.48 bits per heavy atom. The number of hydrogen-bond donors (Lipinski definition) is 0. The van der Waals surface area contributed by atoms with E-state index in [0.29, 0.717) is 21.9 Å². The molecule has 0 atom stereocenters. The van der Waals surface area contributed by atoms with E-state index in [1.54, 1.807) is 24.5 Å². The molecular weight excluding hydrogens is 332 g/mol. The fourth-order valence-corrected chi connectivity index (χ4v) is 3.99. The van der Waals surface area contributed by atoms with Crippen molar-refractivity contribution in [3.05, 3.63) is 33.4 Å². The van der Waals surface area contributed by atoms with Crippen LogP contribution in [0.4, 0.5) is 0 Å². The molecule has 0 aliphatic heterocycles. The van der Waals surface area contributed by atoms with Crippen LogP contribution in [0.2, 0.25) is 0 Å². The van der Waals surface area contributed by atoms with Gasteiger partial charge in [-0.3, -0.25) is 14.2 Å². The predicted molar refractivity (Wildman–Crippen MR) is 95.5 cm³/mol. The van der Waals surface area contributed by atoms with Crippen LogP contribution in [0, 0.1) is 13.8 Å². The normalized spacial score (nSPS) is 11.2. The molecule has 0 fully saturated rings. The van der Waals surface area contributed by atoms with Gasteiger partial charge in [0.1, 0.15) is 4.83 Å². The fourth-order valence-electron chi connectivity index (χ4n) is 2.13. The number of thiophene rings is 1. The van der Waals surface area contributed by atoms with Crippen LogP contribution >= 0.6 is 23.1 Å². The number of allylic oxidation sites excluding steroid dienone is 1. The number of hydrogen-bond acceptors (Lipinski definition) is 6. The van der Waals surface area contributed by atoms with Gasteiger partial charge in [-0.2, -0.15) is 0 Å². The number of aromatic nitrogens is 2. The monoisotopic (exact) mass is 352 g/mol. The summed E-state index contributed by atoms with van der Waals surface area (Å²) in [6.45, 7) is 11.6. The first-order chi connectivity index (χ1) is 10.8. The summed E-state index contributed by atoms with van der Waals surface area (Å²) < 4.78 is 6.68. The zero-order chi connectivity index (χ0) is 17.1. The van der Waals surface area contributed by atoms with E-state index >= 15 is 0 Å².